The fraction of sp³-hybridized carbons (Fsp3) is 0.258. The van der Waals surface area contributed by atoms with Gasteiger partial charge in [0.15, 0.2) is 16.9 Å². The molecule has 3 aromatic rings. The standard InChI is InChI=1S/C31H29N7O7S2/c1-42-20-6-3-17(4-7-20)14-44-30(41)26-19(5-8-21-13-22(36-45-21)18-9-11-33-12-10-18)15-46-29-25(28(40)38(26)29)35-27(39)24(37-43-2)23-16-47-31(32)34-23/h3-12,16,21,25,29H,13-15H2,1-2H3,(H2,32,34)(H,35,39)/b8-5+,37-24-/t21?,25-,29-/m1/s1. The van der Waals surface area contributed by atoms with Gasteiger partial charge in [-0.15, -0.1) is 23.1 Å². The highest BCUT2D eigenvalue weighted by Gasteiger charge is 2.54. The number of rotatable bonds is 11. The van der Waals surface area contributed by atoms with Crippen molar-refractivity contribution in [1.29, 1.82) is 0 Å². The Morgan fingerprint density at radius 2 is 1.98 bits per heavy atom. The van der Waals surface area contributed by atoms with Crippen LogP contribution >= 0.6 is 23.1 Å². The number of nitrogen functional groups attached to an aromatic ring is 1. The first kappa shape index (κ1) is 31.7. The molecular weight excluding hydrogens is 647 g/mol. The number of β-lactam (4-membered cyclic amide) rings is 1. The molecule has 1 fully saturated rings. The number of amides is 2. The molecule has 14 nitrogen and oxygen atoms in total. The smallest absolute Gasteiger partial charge is 0.355 e. The van der Waals surface area contributed by atoms with E-state index in [1.165, 1.54) is 23.8 Å². The van der Waals surface area contributed by atoms with Gasteiger partial charge in [-0.05, 0) is 41.5 Å². The van der Waals surface area contributed by atoms with E-state index in [2.05, 4.69) is 25.6 Å². The first-order chi connectivity index (χ1) is 22.9. The molecule has 2 amide bonds. The number of hydrogen-bond donors (Lipinski definition) is 2. The van der Waals surface area contributed by atoms with Crippen molar-refractivity contribution in [1.82, 2.24) is 20.2 Å². The average molecular weight is 676 g/mol. The molecule has 47 heavy (non-hydrogen) atoms. The number of methoxy groups -OCH3 is 1. The molecular formula is C31H29N7O7S2. The van der Waals surface area contributed by atoms with E-state index in [1.54, 1.807) is 61.3 Å². The fourth-order valence-electron chi connectivity index (χ4n) is 5.04. The minimum atomic E-state index is -0.935. The number of esters is 1. The Labute approximate surface area is 277 Å². The molecule has 0 bridgehead atoms. The van der Waals surface area contributed by atoms with E-state index in [1.807, 2.05) is 12.1 Å². The van der Waals surface area contributed by atoms with Crippen LogP contribution in [-0.2, 0) is 35.4 Å². The van der Waals surface area contributed by atoms with Crippen LogP contribution in [0.3, 0.4) is 0 Å². The largest absolute Gasteiger partial charge is 0.497 e. The molecule has 1 saturated heterocycles. The lowest BCUT2D eigenvalue weighted by Crippen LogP contribution is -2.71. The highest BCUT2D eigenvalue weighted by Crippen LogP contribution is 2.41. The monoisotopic (exact) mass is 675 g/mol. The van der Waals surface area contributed by atoms with Crippen molar-refractivity contribution in [2.75, 3.05) is 25.7 Å². The molecule has 0 radical (unpaired) electrons. The number of ether oxygens (including phenoxy) is 2. The van der Waals surface area contributed by atoms with Gasteiger partial charge in [0.1, 0.15) is 42.3 Å². The second-order valence-electron chi connectivity index (χ2n) is 10.3. The summed E-state index contributed by atoms with van der Waals surface area (Å²) in [6, 6.07) is 9.87. The molecule has 2 aromatic heterocycles. The lowest BCUT2D eigenvalue weighted by molar-refractivity contribution is -0.153. The van der Waals surface area contributed by atoms with Gasteiger partial charge in [0, 0.05) is 35.5 Å². The van der Waals surface area contributed by atoms with Crippen LogP contribution in [-0.4, -0.2) is 81.6 Å². The molecule has 3 N–H and O–H groups in total. The van der Waals surface area contributed by atoms with E-state index in [4.69, 9.17) is 24.9 Å². The maximum atomic E-state index is 13.6. The molecule has 242 valence electrons. The summed E-state index contributed by atoms with van der Waals surface area (Å²) in [6.07, 6.45) is 7.09. The number of anilines is 1. The number of benzene rings is 1. The number of pyridine rings is 1. The van der Waals surface area contributed by atoms with Crippen molar-refractivity contribution < 1.29 is 33.5 Å². The summed E-state index contributed by atoms with van der Waals surface area (Å²) >= 11 is 2.53. The summed E-state index contributed by atoms with van der Waals surface area (Å²) in [5, 5.41) is 11.9. The van der Waals surface area contributed by atoms with Crippen molar-refractivity contribution >= 4 is 57.4 Å². The first-order valence-corrected chi connectivity index (χ1v) is 16.2. The van der Waals surface area contributed by atoms with Crippen LogP contribution in [0.4, 0.5) is 5.13 Å². The van der Waals surface area contributed by atoms with E-state index in [0.717, 1.165) is 28.2 Å². The number of aromatic nitrogens is 2. The fourth-order valence-corrected chi connectivity index (χ4v) is 6.91. The quantitative estimate of drug-likeness (QED) is 0.132. The lowest BCUT2D eigenvalue weighted by Gasteiger charge is -2.49. The number of nitrogens with one attached hydrogen (secondary N) is 1. The van der Waals surface area contributed by atoms with Gasteiger partial charge in [-0.3, -0.25) is 19.5 Å². The second kappa shape index (κ2) is 14.0. The van der Waals surface area contributed by atoms with E-state index in [-0.39, 0.29) is 34.9 Å². The number of fused-ring (bicyclic) bond motifs is 1. The van der Waals surface area contributed by atoms with Crippen molar-refractivity contribution in [3.05, 3.63) is 94.4 Å². The summed E-state index contributed by atoms with van der Waals surface area (Å²) in [6.45, 7) is -0.0220. The third-order valence-electron chi connectivity index (χ3n) is 7.39. The zero-order valence-corrected chi connectivity index (χ0v) is 26.8. The predicted molar refractivity (Wildman–Crippen MR) is 174 cm³/mol. The van der Waals surface area contributed by atoms with Crippen molar-refractivity contribution in [2.45, 2.75) is 30.5 Å². The Morgan fingerprint density at radius 3 is 2.68 bits per heavy atom. The first-order valence-electron chi connectivity index (χ1n) is 14.3. The molecule has 6 rings (SSSR count). The van der Waals surface area contributed by atoms with Gasteiger partial charge < -0.3 is 30.2 Å². The minimum Gasteiger partial charge on any atom is -0.497 e. The SMILES string of the molecule is CO/N=C(\C(=O)N[C@@H]1C(=O)N2C(C(=O)OCc3ccc(OC)cc3)=C(/C=C/C3CC(c4ccncc4)=NO3)CS[C@H]12)c1csc(N)n1. The van der Waals surface area contributed by atoms with Gasteiger partial charge in [-0.2, -0.15) is 0 Å². The Hall–Kier alpha value is -5.22. The van der Waals surface area contributed by atoms with Gasteiger partial charge in [-0.25, -0.2) is 9.78 Å². The van der Waals surface area contributed by atoms with Crippen molar-refractivity contribution in [3.8, 4) is 5.75 Å². The number of thiazole rings is 1. The van der Waals surface area contributed by atoms with E-state index < -0.39 is 29.2 Å². The molecule has 5 heterocycles. The van der Waals surface area contributed by atoms with Crippen LogP contribution in [0.5, 0.6) is 5.75 Å². The summed E-state index contributed by atoms with van der Waals surface area (Å²) < 4.78 is 10.9. The van der Waals surface area contributed by atoms with Gasteiger partial charge in [0.25, 0.3) is 11.8 Å². The Morgan fingerprint density at radius 1 is 1.19 bits per heavy atom. The molecule has 0 spiro atoms. The average Bonchev–Trinajstić information content (AvgIpc) is 3.76. The number of nitrogens with two attached hydrogens (primary N) is 1. The Kier molecular flexibility index (Phi) is 9.49. The highest BCUT2D eigenvalue weighted by molar-refractivity contribution is 8.00. The van der Waals surface area contributed by atoms with Gasteiger partial charge in [-0.1, -0.05) is 28.5 Å². The summed E-state index contributed by atoms with van der Waals surface area (Å²) in [5.74, 6) is -0.796. The highest BCUT2D eigenvalue weighted by atomic mass is 32.2. The number of allylic oxidation sites excluding steroid dienone is 1. The topological polar surface area (TPSA) is 180 Å². The van der Waals surface area contributed by atoms with Crippen LogP contribution in [0, 0.1) is 0 Å². The molecule has 3 aliphatic rings. The zero-order chi connectivity index (χ0) is 32.9. The van der Waals surface area contributed by atoms with Crippen LogP contribution in [0.15, 0.2) is 87.9 Å². The van der Waals surface area contributed by atoms with Crippen LogP contribution in [0.2, 0.25) is 0 Å². The molecule has 1 aromatic carbocycles. The summed E-state index contributed by atoms with van der Waals surface area (Å²) in [7, 11) is 2.86. The Balaban J connectivity index is 1.21. The van der Waals surface area contributed by atoms with E-state index in [0.29, 0.717) is 23.5 Å². The van der Waals surface area contributed by atoms with Crippen LogP contribution in [0.25, 0.3) is 0 Å². The van der Waals surface area contributed by atoms with Gasteiger partial charge in [0.2, 0.25) is 0 Å². The minimum absolute atomic E-state index is 0.0220. The zero-order valence-electron chi connectivity index (χ0n) is 25.2. The molecule has 1 unspecified atom stereocenters. The van der Waals surface area contributed by atoms with Crippen LogP contribution < -0.4 is 15.8 Å². The Bertz CT molecular complexity index is 1790. The van der Waals surface area contributed by atoms with Crippen molar-refractivity contribution in [3.63, 3.8) is 0 Å². The van der Waals surface area contributed by atoms with Gasteiger partial charge in [0.05, 0.1) is 12.8 Å². The van der Waals surface area contributed by atoms with E-state index >= 15 is 0 Å². The van der Waals surface area contributed by atoms with Crippen LogP contribution in [0.1, 0.15) is 23.2 Å². The number of nitrogens with zero attached hydrogens (tertiary/aromatic N) is 5. The lowest BCUT2D eigenvalue weighted by atomic mass is 10.0. The number of oxime groups is 2. The number of carbonyl (C=O) groups excluding carboxylic acids is 3. The molecule has 3 atom stereocenters. The number of carbonyl (C=O) groups is 3. The summed E-state index contributed by atoms with van der Waals surface area (Å²) in [5.41, 5.74) is 8.92. The molecule has 16 heteroatoms. The van der Waals surface area contributed by atoms with E-state index in [9.17, 15) is 14.4 Å². The number of thioether (sulfide) groups is 1. The number of hydrogen-bond acceptors (Lipinski definition) is 14. The van der Waals surface area contributed by atoms with Crippen molar-refractivity contribution in [2.24, 2.45) is 10.3 Å². The maximum absolute atomic E-state index is 13.6. The molecule has 0 aliphatic carbocycles. The maximum Gasteiger partial charge on any atom is 0.355 e. The second-order valence-corrected chi connectivity index (χ2v) is 12.3. The predicted octanol–water partition coefficient (Wildman–Crippen LogP) is 2.63. The summed E-state index contributed by atoms with van der Waals surface area (Å²) in [4.78, 5) is 60.4. The van der Waals surface area contributed by atoms with Gasteiger partial charge >= 0.3 is 5.97 Å². The third-order valence-corrected chi connectivity index (χ3v) is 9.36. The normalized spacial score (nSPS) is 20.7. The molecule has 0 saturated carbocycles. The molecule has 3 aliphatic heterocycles. The third kappa shape index (κ3) is 6.83.